The molecule has 0 heterocycles. The molecular formula is C30H36ClN3O7S. The number of nitrogens with one attached hydrogen (secondary N) is 1. The molecule has 0 radical (unpaired) electrons. The van der Waals surface area contributed by atoms with Gasteiger partial charge in [0.2, 0.25) is 11.8 Å². The quantitative estimate of drug-likeness (QED) is 0.283. The Kier molecular flexibility index (Phi) is 11.5. The lowest BCUT2D eigenvalue weighted by Gasteiger charge is -2.32. The summed E-state index contributed by atoms with van der Waals surface area (Å²) in [5, 5.41) is 3.26. The van der Waals surface area contributed by atoms with Crippen LogP contribution in [0.1, 0.15) is 26.3 Å². The van der Waals surface area contributed by atoms with Crippen LogP contribution in [-0.2, 0) is 26.2 Å². The maximum atomic E-state index is 14.1. The molecule has 10 nitrogen and oxygen atoms in total. The number of sulfonamides is 1. The molecule has 12 heteroatoms. The van der Waals surface area contributed by atoms with Gasteiger partial charge in [-0.2, -0.15) is 0 Å². The first-order valence-electron chi connectivity index (χ1n) is 13.3. The van der Waals surface area contributed by atoms with Crippen molar-refractivity contribution in [3.63, 3.8) is 0 Å². The number of benzene rings is 3. The van der Waals surface area contributed by atoms with Crippen molar-refractivity contribution in [3.05, 3.63) is 77.3 Å². The van der Waals surface area contributed by atoms with Crippen molar-refractivity contribution in [3.8, 4) is 17.2 Å². The first-order valence-corrected chi connectivity index (χ1v) is 15.2. The van der Waals surface area contributed by atoms with Gasteiger partial charge >= 0.3 is 0 Å². The minimum Gasteiger partial charge on any atom is -0.494 e. The summed E-state index contributed by atoms with van der Waals surface area (Å²) in [6.07, 6.45) is 0. The average Bonchev–Trinajstić information content (AvgIpc) is 2.99. The standard InChI is InChI=1S/C30H36ClN3O7S/c1-6-32-30(36)21(3)33(19-22-8-10-23(31)11-9-22)29(35)20-34(24-12-14-25(15-13-24)41-7-2)42(37,38)26-16-17-27(39-4)28(18-26)40-5/h8-18,21H,6-7,19-20H2,1-5H3,(H,32,36). The van der Waals surface area contributed by atoms with E-state index in [-0.39, 0.29) is 28.8 Å². The minimum atomic E-state index is -4.31. The van der Waals surface area contributed by atoms with Gasteiger partial charge in [-0.3, -0.25) is 13.9 Å². The number of carbonyl (C=O) groups is 2. The Morgan fingerprint density at radius 2 is 1.57 bits per heavy atom. The number of amides is 2. The Morgan fingerprint density at radius 1 is 0.929 bits per heavy atom. The summed E-state index contributed by atoms with van der Waals surface area (Å²) in [6.45, 7) is 5.50. The van der Waals surface area contributed by atoms with Crippen LogP contribution in [0.15, 0.2) is 71.6 Å². The Hall–Kier alpha value is -3.96. The fraction of sp³-hybridized carbons (Fsp3) is 0.333. The molecule has 0 aromatic heterocycles. The second-order valence-corrected chi connectivity index (χ2v) is 11.5. The van der Waals surface area contributed by atoms with Crippen molar-refractivity contribution in [2.75, 3.05) is 38.2 Å². The average molecular weight is 618 g/mol. The summed E-state index contributed by atoms with van der Waals surface area (Å²) < 4.78 is 45.3. The Balaban J connectivity index is 2.07. The molecule has 0 bridgehead atoms. The molecule has 226 valence electrons. The first kappa shape index (κ1) is 32.6. The highest BCUT2D eigenvalue weighted by atomic mass is 35.5. The van der Waals surface area contributed by atoms with Crippen LogP contribution in [0.4, 0.5) is 5.69 Å². The summed E-state index contributed by atoms with van der Waals surface area (Å²) in [6, 6.07) is 16.6. The summed E-state index contributed by atoms with van der Waals surface area (Å²) in [5.74, 6) is 0.165. The zero-order valence-electron chi connectivity index (χ0n) is 24.3. The molecule has 0 aliphatic heterocycles. The van der Waals surface area contributed by atoms with Crippen molar-refractivity contribution >= 4 is 39.1 Å². The number of methoxy groups -OCH3 is 2. The molecule has 0 spiro atoms. The number of anilines is 1. The van der Waals surface area contributed by atoms with Gasteiger partial charge < -0.3 is 24.4 Å². The molecule has 0 saturated carbocycles. The third kappa shape index (κ3) is 7.86. The van der Waals surface area contributed by atoms with Gasteiger partial charge in [0.25, 0.3) is 10.0 Å². The molecule has 1 unspecified atom stereocenters. The van der Waals surface area contributed by atoms with E-state index in [0.29, 0.717) is 29.7 Å². The summed E-state index contributed by atoms with van der Waals surface area (Å²) in [4.78, 5) is 28.0. The highest BCUT2D eigenvalue weighted by Crippen LogP contribution is 2.33. The summed E-state index contributed by atoms with van der Waals surface area (Å²) in [5.41, 5.74) is 0.956. The van der Waals surface area contributed by atoms with E-state index in [9.17, 15) is 18.0 Å². The Morgan fingerprint density at radius 3 is 2.14 bits per heavy atom. The van der Waals surface area contributed by atoms with E-state index in [2.05, 4.69) is 5.32 Å². The maximum Gasteiger partial charge on any atom is 0.264 e. The topological polar surface area (TPSA) is 114 Å². The normalized spacial score (nSPS) is 11.8. The van der Waals surface area contributed by atoms with Crippen LogP contribution in [0.2, 0.25) is 5.02 Å². The van der Waals surface area contributed by atoms with Gasteiger partial charge in [-0.15, -0.1) is 0 Å². The van der Waals surface area contributed by atoms with Crippen molar-refractivity contribution in [2.24, 2.45) is 0 Å². The van der Waals surface area contributed by atoms with E-state index in [1.54, 1.807) is 62.4 Å². The molecule has 42 heavy (non-hydrogen) atoms. The van der Waals surface area contributed by atoms with E-state index >= 15 is 0 Å². The van der Waals surface area contributed by atoms with Gasteiger partial charge in [-0.05, 0) is 74.9 Å². The molecule has 3 rings (SSSR count). The third-order valence-electron chi connectivity index (χ3n) is 6.44. The number of likely N-dealkylation sites (N-methyl/N-ethyl adjacent to an activating group) is 1. The fourth-order valence-electron chi connectivity index (χ4n) is 4.20. The molecule has 0 aliphatic carbocycles. The van der Waals surface area contributed by atoms with Crippen molar-refractivity contribution < 1.29 is 32.2 Å². The number of rotatable bonds is 14. The number of hydrogen-bond donors (Lipinski definition) is 1. The van der Waals surface area contributed by atoms with E-state index in [1.807, 2.05) is 6.92 Å². The predicted molar refractivity (Wildman–Crippen MR) is 162 cm³/mol. The summed E-state index contributed by atoms with van der Waals surface area (Å²) >= 11 is 6.04. The number of ether oxygens (including phenoxy) is 3. The van der Waals surface area contributed by atoms with E-state index in [0.717, 1.165) is 9.87 Å². The minimum absolute atomic E-state index is 0.0574. The van der Waals surface area contributed by atoms with Crippen LogP contribution in [0.5, 0.6) is 17.2 Å². The van der Waals surface area contributed by atoms with Gasteiger partial charge in [0.1, 0.15) is 18.3 Å². The van der Waals surface area contributed by atoms with Crippen LogP contribution in [0.25, 0.3) is 0 Å². The van der Waals surface area contributed by atoms with E-state index in [4.69, 9.17) is 25.8 Å². The molecular weight excluding hydrogens is 582 g/mol. The summed E-state index contributed by atoms with van der Waals surface area (Å²) in [7, 11) is -1.46. The lowest BCUT2D eigenvalue weighted by atomic mass is 10.1. The molecule has 2 amide bonds. The highest BCUT2D eigenvalue weighted by Gasteiger charge is 2.33. The third-order valence-corrected chi connectivity index (χ3v) is 8.46. The maximum absolute atomic E-state index is 14.1. The van der Waals surface area contributed by atoms with Crippen LogP contribution in [0, 0.1) is 0 Å². The first-order chi connectivity index (χ1) is 20.0. The zero-order chi connectivity index (χ0) is 30.9. The second kappa shape index (κ2) is 14.8. The number of hydrogen-bond acceptors (Lipinski definition) is 7. The lowest BCUT2D eigenvalue weighted by Crippen LogP contribution is -2.51. The van der Waals surface area contributed by atoms with Crippen LogP contribution in [-0.4, -0.2) is 65.1 Å². The van der Waals surface area contributed by atoms with E-state index < -0.39 is 28.5 Å². The number of nitrogens with zero attached hydrogens (tertiary/aromatic N) is 2. The molecule has 1 N–H and O–H groups in total. The predicted octanol–water partition coefficient (Wildman–Crippen LogP) is 4.50. The fourth-order valence-corrected chi connectivity index (χ4v) is 5.76. The monoisotopic (exact) mass is 617 g/mol. The second-order valence-electron chi connectivity index (χ2n) is 9.17. The van der Waals surface area contributed by atoms with Crippen molar-refractivity contribution in [1.29, 1.82) is 0 Å². The van der Waals surface area contributed by atoms with Crippen molar-refractivity contribution in [1.82, 2.24) is 10.2 Å². The van der Waals surface area contributed by atoms with Crippen LogP contribution >= 0.6 is 11.6 Å². The molecule has 1 atom stereocenters. The van der Waals surface area contributed by atoms with Crippen LogP contribution in [0.3, 0.4) is 0 Å². The van der Waals surface area contributed by atoms with Gasteiger partial charge in [0, 0.05) is 24.2 Å². The van der Waals surface area contributed by atoms with Gasteiger partial charge in [-0.1, -0.05) is 23.7 Å². The molecule has 3 aromatic carbocycles. The van der Waals surface area contributed by atoms with Gasteiger partial charge in [-0.25, -0.2) is 8.42 Å². The highest BCUT2D eigenvalue weighted by molar-refractivity contribution is 7.92. The van der Waals surface area contributed by atoms with Gasteiger partial charge in [0.15, 0.2) is 11.5 Å². The molecule has 0 aliphatic rings. The largest absolute Gasteiger partial charge is 0.494 e. The molecule has 0 fully saturated rings. The zero-order valence-corrected chi connectivity index (χ0v) is 25.9. The Bertz CT molecular complexity index is 1470. The smallest absolute Gasteiger partial charge is 0.264 e. The van der Waals surface area contributed by atoms with Gasteiger partial charge in [0.05, 0.1) is 31.4 Å². The SMILES string of the molecule is CCNC(=O)C(C)N(Cc1ccc(Cl)cc1)C(=O)CN(c1ccc(OCC)cc1)S(=O)(=O)c1ccc(OC)c(OC)c1. The Labute approximate surface area is 252 Å². The lowest BCUT2D eigenvalue weighted by molar-refractivity contribution is -0.139. The number of carbonyl (C=O) groups excluding carboxylic acids is 2. The number of halogens is 1. The molecule has 0 saturated heterocycles. The van der Waals surface area contributed by atoms with E-state index in [1.165, 1.54) is 37.3 Å². The van der Waals surface area contributed by atoms with Crippen LogP contribution < -0.4 is 23.8 Å². The molecule has 3 aromatic rings. The van der Waals surface area contributed by atoms with Crippen molar-refractivity contribution in [2.45, 2.75) is 38.3 Å².